The van der Waals surface area contributed by atoms with Gasteiger partial charge in [0.15, 0.2) is 0 Å². The Morgan fingerprint density at radius 2 is 1.94 bits per heavy atom. The van der Waals surface area contributed by atoms with Crippen molar-refractivity contribution in [1.82, 2.24) is 0 Å². The molecule has 1 saturated carbocycles. The number of ether oxygens (including phenoxy) is 2. The smallest absolute Gasteiger partial charge is 0.119 e. The van der Waals surface area contributed by atoms with Gasteiger partial charge in [-0.2, -0.15) is 0 Å². The SMILES string of the molecule is OC1CCCC(OCCOc2ccccc2)C1. The van der Waals surface area contributed by atoms with Crippen LogP contribution in [0.1, 0.15) is 25.7 Å². The van der Waals surface area contributed by atoms with E-state index in [1.807, 2.05) is 30.3 Å². The third-order valence-electron chi connectivity index (χ3n) is 3.05. The second-order valence-electron chi connectivity index (χ2n) is 4.47. The van der Waals surface area contributed by atoms with Crippen LogP contribution in [0.2, 0.25) is 0 Å². The van der Waals surface area contributed by atoms with E-state index in [-0.39, 0.29) is 12.2 Å². The molecule has 94 valence electrons. The van der Waals surface area contributed by atoms with E-state index in [9.17, 15) is 5.11 Å². The first-order chi connectivity index (χ1) is 8.34. The molecule has 0 bridgehead atoms. The van der Waals surface area contributed by atoms with Crippen LogP contribution >= 0.6 is 0 Å². The molecule has 1 N–H and O–H groups in total. The average molecular weight is 236 g/mol. The summed E-state index contributed by atoms with van der Waals surface area (Å²) in [5.74, 6) is 0.875. The number of para-hydroxylation sites is 1. The molecule has 17 heavy (non-hydrogen) atoms. The van der Waals surface area contributed by atoms with E-state index in [2.05, 4.69) is 0 Å². The minimum absolute atomic E-state index is 0.177. The highest BCUT2D eigenvalue weighted by atomic mass is 16.5. The molecule has 0 aliphatic heterocycles. The molecule has 1 fully saturated rings. The Bertz CT molecular complexity index is 313. The fourth-order valence-electron chi connectivity index (χ4n) is 2.16. The van der Waals surface area contributed by atoms with Crippen molar-refractivity contribution in [3.05, 3.63) is 30.3 Å². The van der Waals surface area contributed by atoms with Crippen molar-refractivity contribution in [2.24, 2.45) is 0 Å². The second kappa shape index (κ2) is 6.62. The number of aliphatic hydroxyl groups is 1. The molecule has 1 aromatic rings. The van der Waals surface area contributed by atoms with Gasteiger partial charge in [0.05, 0.1) is 18.8 Å². The van der Waals surface area contributed by atoms with E-state index in [4.69, 9.17) is 9.47 Å². The number of hydrogen-bond acceptors (Lipinski definition) is 3. The normalized spacial score (nSPS) is 24.5. The number of benzene rings is 1. The van der Waals surface area contributed by atoms with E-state index in [1.54, 1.807) is 0 Å². The summed E-state index contributed by atoms with van der Waals surface area (Å²) in [6.45, 7) is 1.16. The van der Waals surface area contributed by atoms with Gasteiger partial charge >= 0.3 is 0 Å². The van der Waals surface area contributed by atoms with Gasteiger partial charge < -0.3 is 14.6 Å². The summed E-state index contributed by atoms with van der Waals surface area (Å²) in [5, 5.41) is 9.50. The summed E-state index contributed by atoms with van der Waals surface area (Å²) in [5.41, 5.74) is 0. The molecule has 1 aromatic carbocycles. The van der Waals surface area contributed by atoms with Crippen molar-refractivity contribution in [2.45, 2.75) is 37.9 Å². The minimum atomic E-state index is -0.177. The highest BCUT2D eigenvalue weighted by Gasteiger charge is 2.20. The Balaban J connectivity index is 1.60. The van der Waals surface area contributed by atoms with Gasteiger partial charge in [-0.05, 0) is 37.8 Å². The zero-order chi connectivity index (χ0) is 11.9. The van der Waals surface area contributed by atoms with E-state index in [0.29, 0.717) is 13.2 Å². The van der Waals surface area contributed by atoms with Crippen molar-refractivity contribution in [3.63, 3.8) is 0 Å². The maximum absolute atomic E-state index is 9.50. The van der Waals surface area contributed by atoms with Crippen LogP contribution in [0.5, 0.6) is 5.75 Å². The highest BCUT2D eigenvalue weighted by molar-refractivity contribution is 5.20. The van der Waals surface area contributed by atoms with Crippen LogP contribution in [0.4, 0.5) is 0 Å². The summed E-state index contributed by atoms with van der Waals surface area (Å²) in [6, 6.07) is 9.74. The molecular weight excluding hydrogens is 216 g/mol. The zero-order valence-electron chi connectivity index (χ0n) is 10.0. The Kier molecular flexibility index (Phi) is 4.83. The monoisotopic (exact) mass is 236 g/mol. The highest BCUT2D eigenvalue weighted by Crippen LogP contribution is 2.20. The van der Waals surface area contributed by atoms with Crippen LogP contribution in [-0.2, 0) is 4.74 Å². The van der Waals surface area contributed by atoms with Crippen LogP contribution < -0.4 is 4.74 Å². The Labute approximate surface area is 102 Å². The van der Waals surface area contributed by atoms with Gasteiger partial charge in [-0.3, -0.25) is 0 Å². The summed E-state index contributed by atoms with van der Waals surface area (Å²) in [7, 11) is 0. The summed E-state index contributed by atoms with van der Waals surface area (Å²) in [6.07, 6.45) is 3.83. The predicted octanol–water partition coefficient (Wildman–Crippen LogP) is 2.39. The van der Waals surface area contributed by atoms with Crippen molar-refractivity contribution < 1.29 is 14.6 Å². The summed E-state index contributed by atoms with van der Waals surface area (Å²) >= 11 is 0. The second-order valence-corrected chi connectivity index (χ2v) is 4.47. The molecular formula is C14H20O3. The molecule has 0 radical (unpaired) electrons. The molecule has 0 aromatic heterocycles. The Morgan fingerprint density at radius 3 is 2.71 bits per heavy atom. The molecule has 3 nitrogen and oxygen atoms in total. The molecule has 0 saturated heterocycles. The van der Waals surface area contributed by atoms with Crippen LogP contribution in [0, 0.1) is 0 Å². The maximum Gasteiger partial charge on any atom is 0.119 e. The van der Waals surface area contributed by atoms with Gasteiger partial charge in [-0.15, -0.1) is 0 Å². The third-order valence-corrected chi connectivity index (χ3v) is 3.05. The first-order valence-electron chi connectivity index (χ1n) is 6.32. The lowest BCUT2D eigenvalue weighted by Gasteiger charge is -2.25. The van der Waals surface area contributed by atoms with Crippen LogP contribution in [-0.4, -0.2) is 30.5 Å². The lowest BCUT2D eigenvalue weighted by molar-refractivity contribution is -0.0233. The number of hydrogen-bond donors (Lipinski definition) is 1. The van der Waals surface area contributed by atoms with Crippen molar-refractivity contribution >= 4 is 0 Å². The van der Waals surface area contributed by atoms with E-state index < -0.39 is 0 Å². The quantitative estimate of drug-likeness (QED) is 0.798. The van der Waals surface area contributed by atoms with Gasteiger partial charge in [0.2, 0.25) is 0 Å². The molecule has 2 atom stereocenters. The van der Waals surface area contributed by atoms with E-state index in [0.717, 1.165) is 31.4 Å². The number of rotatable bonds is 5. The van der Waals surface area contributed by atoms with Crippen LogP contribution in [0.15, 0.2) is 30.3 Å². The zero-order valence-corrected chi connectivity index (χ0v) is 10.0. The fourth-order valence-corrected chi connectivity index (χ4v) is 2.16. The van der Waals surface area contributed by atoms with E-state index in [1.165, 1.54) is 0 Å². The molecule has 1 aliphatic carbocycles. The van der Waals surface area contributed by atoms with Crippen molar-refractivity contribution in [2.75, 3.05) is 13.2 Å². The van der Waals surface area contributed by atoms with Gasteiger partial charge in [0, 0.05) is 0 Å². The average Bonchev–Trinajstić information content (AvgIpc) is 2.36. The van der Waals surface area contributed by atoms with Crippen molar-refractivity contribution in [3.8, 4) is 5.75 Å². The molecule has 0 amide bonds. The first-order valence-corrected chi connectivity index (χ1v) is 6.32. The summed E-state index contributed by atoms with van der Waals surface area (Å²) in [4.78, 5) is 0. The third kappa shape index (κ3) is 4.36. The lowest BCUT2D eigenvalue weighted by Crippen LogP contribution is -2.27. The largest absolute Gasteiger partial charge is 0.491 e. The van der Waals surface area contributed by atoms with Gasteiger partial charge in [-0.25, -0.2) is 0 Å². The van der Waals surface area contributed by atoms with Gasteiger partial charge in [0.1, 0.15) is 12.4 Å². The molecule has 3 heteroatoms. The Hall–Kier alpha value is -1.06. The molecule has 2 unspecified atom stereocenters. The standard InChI is InChI=1S/C14H20O3/c15-12-5-4-8-14(11-12)17-10-9-16-13-6-2-1-3-7-13/h1-3,6-7,12,14-15H,4-5,8-11H2. The maximum atomic E-state index is 9.50. The number of aliphatic hydroxyl groups excluding tert-OH is 1. The predicted molar refractivity (Wildman–Crippen MR) is 66.2 cm³/mol. The minimum Gasteiger partial charge on any atom is -0.491 e. The van der Waals surface area contributed by atoms with E-state index >= 15 is 0 Å². The van der Waals surface area contributed by atoms with Gasteiger partial charge in [0.25, 0.3) is 0 Å². The molecule has 0 heterocycles. The molecule has 1 aliphatic rings. The lowest BCUT2D eigenvalue weighted by atomic mass is 9.95. The first kappa shape index (κ1) is 12.4. The van der Waals surface area contributed by atoms with Crippen LogP contribution in [0.3, 0.4) is 0 Å². The summed E-state index contributed by atoms with van der Waals surface area (Å²) < 4.78 is 11.2. The fraction of sp³-hybridized carbons (Fsp3) is 0.571. The topological polar surface area (TPSA) is 38.7 Å². The molecule has 0 spiro atoms. The molecule has 2 rings (SSSR count). The van der Waals surface area contributed by atoms with Crippen LogP contribution in [0.25, 0.3) is 0 Å². The Morgan fingerprint density at radius 1 is 1.12 bits per heavy atom. The van der Waals surface area contributed by atoms with Crippen molar-refractivity contribution in [1.29, 1.82) is 0 Å². The van der Waals surface area contributed by atoms with Gasteiger partial charge in [-0.1, -0.05) is 18.2 Å².